The van der Waals surface area contributed by atoms with Crippen LogP contribution in [0.5, 0.6) is 5.75 Å². The van der Waals surface area contributed by atoms with E-state index in [9.17, 15) is 4.79 Å². The zero-order chi connectivity index (χ0) is 11.6. The molecule has 0 N–H and O–H groups in total. The summed E-state index contributed by atoms with van der Waals surface area (Å²) in [4.78, 5) is 10.5. The van der Waals surface area contributed by atoms with Crippen LogP contribution < -0.4 is 4.74 Å². The molecular weight excluding hydrogens is 204 g/mol. The van der Waals surface area contributed by atoms with Gasteiger partial charge in [-0.25, -0.2) is 0 Å². The number of carbonyl (C=O) groups is 1. The second-order valence-electron chi connectivity index (χ2n) is 4.50. The highest BCUT2D eigenvalue weighted by Gasteiger charge is 2.44. The minimum absolute atomic E-state index is 0.192. The molecule has 0 radical (unpaired) electrons. The SMILES string of the molecule is CC(C)C1(Oc2ccc(C=O)cc2)COC1. The van der Waals surface area contributed by atoms with E-state index in [-0.39, 0.29) is 5.60 Å². The Morgan fingerprint density at radius 2 is 1.94 bits per heavy atom. The molecule has 0 amide bonds. The average Bonchev–Trinajstić information content (AvgIpc) is 2.24. The molecule has 2 rings (SSSR count). The fourth-order valence-electron chi connectivity index (χ4n) is 1.66. The Labute approximate surface area is 95.4 Å². The van der Waals surface area contributed by atoms with E-state index in [4.69, 9.17) is 9.47 Å². The van der Waals surface area contributed by atoms with E-state index in [1.54, 1.807) is 12.1 Å². The van der Waals surface area contributed by atoms with Crippen molar-refractivity contribution < 1.29 is 14.3 Å². The molecule has 1 aliphatic rings. The number of hydrogen-bond acceptors (Lipinski definition) is 3. The van der Waals surface area contributed by atoms with Crippen molar-refractivity contribution in [2.24, 2.45) is 5.92 Å². The summed E-state index contributed by atoms with van der Waals surface area (Å²) < 4.78 is 11.2. The van der Waals surface area contributed by atoms with Crippen molar-refractivity contribution in [1.82, 2.24) is 0 Å². The lowest BCUT2D eigenvalue weighted by Crippen LogP contribution is -2.58. The Bertz CT molecular complexity index is 363. The van der Waals surface area contributed by atoms with Crippen molar-refractivity contribution >= 4 is 6.29 Å². The number of aldehydes is 1. The van der Waals surface area contributed by atoms with Crippen LogP contribution >= 0.6 is 0 Å². The van der Waals surface area contributed by atoms with Gasteiger partial charge in [-0.1, -0.05) is 13.8 Å². The molecule has 1 aliphatic heterocycles. The highest BCUT2D eigenvalue weighted by Crippen LogP contribution is 2.32. The number of rotatable bonds is 4. The molecule has 0 saturated carbocycles. The summed E-state index contributed by atoms with van der Waals surface area (Å²) in [6, 6.07) is 7.17. The number of carbonyl (C=O) groups excluding carboxylic acids is 1. The minimum atomic E-state index is -0.192. The first-order chi connectivity index (χ1) is 7.66. The van der Waals surface area contributed by atoms with Crippen LogP contribution in [0.15, 0.2) is 24.3 Å². The Morgan fingerprint density at radius 3 is 2.31 bits per heavy atom. The molecule has 0 aliphatic carbocycles. The Hall–Kier alpha value is -1.35. The van der Waals surface area contributed by atoms with Crippen molar-refractivity contribution in [3.8, 4) is 5.75 Å². The van der Waals surface area contributed by atoms with Crippen LogP contribution in [-0.4, -0.2) is 25.1 Å². The largest absolute Gasteiger partial charge is 0.482 e. The Balaban J connectivity index is 2.10. The molecule has 3 heteroatoms. The van der Waals surface area contributed by atoms with Gasteiger partial charge in [-0.05, 0) is 30.2 Å². The molecule has 1 aromatic carbocycles. The summed E-state index contributed by atoms with van der Waals surface area (Å²) in [6.45, 7) is 5.53. The Morgan fingerprint density at radius 1 is 1.31 bits per heavy atom. The molecule has 0 aromatic heterocycles. The lowest BCUT2D eigenvalue weighted by Gasteiger charge is -2.44. The zero-order valence-electron chi connectivity index (χ0n) is 9.60. The summed E-state index contributed by atoms with van der Waals surface area (Å²) in [5.74, 6) is 1.20. The molecule has 1 fully saturated rings. The van der Waals surface area contributed by atoms with Crippen LogP contribution in [0.3, 0.4) is 0 Å². The summed E-state index contributed by atoms with van der Waals surface area (Å²) in [5, 5.41) is 0. The van der Waals surface area contributed by atoms with Gasteiger partial charge in [0.15, 0.2) is 5.60 Å². The average molecular weight is 220 g/mol. The number of hydrogen-bond donors (Lipinski definition) is 0. The molecule has 0 bridgehead atoms. The van der Waals surface area contributed by atoms with E-state index in [1.165, 1.54) is 0 Å². The minimum Gasteiger partial charge on any atom is -0.482 e. The molecular formula is C13H16O3. The molecule has 0 unspecified atom stereocenters. The maximum Gasteiger partial charge on any atom is 0.157 e. The molecule has 16 heavy (non-hydrogen) atoms. The van der Waals surface area contributed by atoms with Crippen LogP contribution in [0.2, 0.25) is 0 Å². The summed E-state index contributed by atoms with van der Waals surface area (Å²) >= 11 is 0. The maximum atomic E-state index is 10.5. The van der Waals surface area contributed by atoms with Crippen molar-refractivity contribution in [1.29, 1.82) is 0 Å². The highest BCUT2D eigenvalue weighted by molar-refractivity contribution is 5.74. The molecule has 0 atom stereocenters. The first kappa shape index (κ1) is 11.1. The van der Waals surface area contributed by atoms with Gasteiger partial charge in [-0.3, -0.25) is 4.79 Å². The van der Waals surface area contributed by atoms with Crippen LogP contribution in [0.4, 0.5) is 0 Å². The molecule has 1 saturated heterocycles. The molecule has 86 valence electrons. The molecule has 3 nitrogen and oxygen atoms in total. The van der Waals surface area contributed by atoms with Crippen molar-refractivity contribution in [2.75, 3.05) is 13.2 Å². The van der Waals surface area contributed by atoms with E-state index < -0.39 is 0 Å². The fourth-order valence-corrected chi connectivity index (χ4v) is 1.66. The lowest BCUT2D eigenvalue weighted by molar-refractivity contribution is -0.184. The number of benzene rings is 1. The third-order valence-corrected chi connectivity index (χ3v) is 3.08. The van der Waals surface area contributed by atoms with E-state index in [0.29, 0.717) is 24.7 Å². The van der Waals surface area contributed by atoms with E-state index in [1.807, 2.05) is 12.1 Å². The monoisotopic (exact) mass is 220 g/mol. The van der Waals surface area contributed by atoms with Crippen molar-refractivity contribution in [2.45, 2.75) is 19.4 Å². The smallest absolute Gasteiger partial charge is 0.157 e. The van der Waals surface area contributed by atoms with Gasteiger partial charge >= 0.3 is 0 Å². The topological polar surface area (TPSA) is 35.5 Å². The Kier molecular flexibility index (Phi) is 2.97. The first-order valence-electron chi connectivity index (χ1n) is 5.48. The van der Waals surface area contributed by atoms with Gasteiger partial charge in [0.2, 0.25) is 0 Å². The second kappa shape index (κ2) is 4.26. The predicted molar refractivity (Wildman–Crippen MR) is 60.8 cm³/mol. The number of ether oxygens (including phenoxy) is 2. The standard InChI is InChI=1S/C13H16O3/c1-10(2)13(8-15-9-13)16-12-5-3-11(7-14)4-6-12/h3-7,10H,8-9H2,1-2H3. The van der Waals surface area contributed by atoms with E-state index in [2.05, 4.69) is 13.8 Å². The van der Waals surface area contributed by atoms with Gasteiger partial charge in [0.1, 0.15) is 12.0 Å². The maximum absolute atomic E-state index is 10.5. The van der Waals surface area contributed by atoms with Crippen LogP contribution in [-0.2, 0) is 4.74 Å². The van der Waals surface area contributed by atoms with Gasteiger partial charge in [0.25, 0.3) is 0 Å². The predicted octanol–water partition coefficient (Wildman–Crippen LogP) is 2.30. The van der Waals surface area contributed by atoms with Crippen LogP contribution in [0.25, 0.3) is 0 Å². The molecule has 0 spiro atoms. The van der Waals surface area contributed by atoms with Gasteiger partial charge in [-0.15, -0.1) is 0 Å². The molecule has 1 heterocycles. The van der Waals surface area contributed by atoms with Crippen molar-refractivity contribution in [3.05, 3.63) is 29.8 Å². The highest BCUT2D eigenvalue weighted by atomic mass is 16.6. The van der Waals surface area contributed by atoms with Gasteiger partial charge in [0.05, 0.1) is 13.2 Å². The second-order valence-corrected chi connectivity index (χ2v) is 4.50. The fraction of sp³-hybridized carbons (Fsp3) is 0.462. The van der Waals surface area contributed by atoms with Crippen molar-refractivity contribution in [3.63, 3.8) is 0 Å². The first-order valence-corrected chi connectivity index (χ1v) is 5.48. The summed E-state index contributed by atoms with van der Waals surface area (Å²) in [7, 11) is 0. The zero-order valence-corrected chi connectivity index (χ0v) is 9.60. The van der Waals surface area contributed by atoms with E-state index >= 15 is 0 Å². The van der Waals surface area contributed by atoms with Crippen LogP contribution in [0.1, 0.15) is 24.2 Å². The van der Waals surface area contributed by atoms with Crippen LogP contribution in [0, 0.1) is 5.92 Å². The third-order valence-electron chi connectivity index (χ3n) is 3.08. The quantitative estimate of drug-likeness (QED) is 0.730. The lowest BCUT2D eigenvalue weighted by atomic mass is 9.88. The summed E-state index contributed by atoms with van der Waals surface area (Å²) in [5.41, 5.74) is 0.471. The van der Waals surface area contributed by atoms with Gasteiger partial charge in [-0.2, -0.15) is 0 Å². The van der Waals surface area contributed by atoms with E-state index in [0.717, 1.165) is 12.0 Å². The molecule has 1 aromatic rings. The summed E-state index contributed by atoms with van der Waals surface area (Å²) in [6.07, 6.45) is 0.828. The van der Waals surface area contributed by atoms with Gasteiger partial charge < -0.3 is 9.47 Å². The third kappa shape index (κ3) is 1.95. The van der Waals surface area contributed by atoms with Gasteiger partial charge in [0, 0.05) is 5.56 Å². The normalized spacial score (nSPS) is 17.9.